The molecule has 0 aromatic carbocycles. The van der Waals surface area contributed by atoms with Gasteiger partial charge in [-0.3, -0.25) is 4.52 Å². The molecule has 0 radical (unpaired) electrons. The van der Waals surface area contributed by atoms with E-state index >= 15 is 0 Å². The van der Waals surface area contributed by atoms with Gasteiger partial charge in [-0.05, 0) is 6.92 Å². The average Bonchev–Trinajstić information content (AvgIpc) is 2.81. The van der Waals surface area contributed by atoms with Gasteiger partial charge in [-0.25, -0.2) is 13.8 Å². The highest BCUT2D eigenvalue weighted by atomic mass is 79.9. The maximum atomic E-state index is 11.8. The monoisotopic (exact) mass is 369 g/mol. The first kappa shape index (κ1) is 15.1. The van der Waals surface area contributed by atoms with Crippen LogP contribution in [0.2, 0.25) is 0 Å². The predicted molar refractivity (Wildman–Crippen MR) is 72.8 cm³/mol. The molecule has 1 aromatic heterocycles. The summed E-state index contributed by atoms with van der Waals surface area (Å²) in [6.07, 6.45) is 0. The number of anilines is 1. The zero-order valence-electron chi connectivity index (χ0n) is 10.7. The molecule has 20 heavy (non-hydrogen) atoms. The van der Waals surface area contributed by atoms with Gasteiger partial charge >= 0.3 is 10.5 Å². The second-order valence-electron chi connectivity index (χ2n) is 4.04. The topological polar surface area (TPSA) is 112 Å². The van der Waals surface area contributed by atoms with Crippen molar-refractivity contribution >= 4 is 31.8 Å². The van der Waals surface area contributed by atoms with Crippen molar-refractivity contribution in [2.75, 3.05) is 42.4 Å². The van der Waals surface area contributed by atoms with Gasteiger partial charge in [0.25, 0.3) is 0 Å². The second kappa shape index (κ2) is 6.01. The minimum Gasteiger partial charge on any atom is -0.277 e. The van der Waals surface area contributed by atoms with E-state index in [1.54, 1.807) is 11.9 Å². The van der Waals surface area contributed by atoms with E-state index in [2.05, 4.69) is 31.9 Å². The fourth-order valence-corrected chi connectivity index (χ4v) is 3.39. The summed E-state index contributed by atoms with van der Waals surface area (Å²) < 4.78 is 30.3. The average molecular weight is 370 g/mol. The summed E-state index contributed by atoms with van der Waals surface area (Å²) in [5, 5.41) is 8.05. The Morgan fingerprint density at radius 1 is 1.45 bits per heavy atom. The van der Waals surface area contributed by atoms with Crippen molar-refractivity contribution in [3.8, 4) is 0 Å². The smallest absolute Gasteiger partial charge is 0.277 e. The first-order valence-corrected chi connectivity index (χ1v) is 8.28. The second-order valence-corrected chi connectivity index (χ2v) is 7.05. The van der Waals surface area contributed by atoms with Crippen molar-refractivity contribution in [1.82, 2.24) is 9.58 Å². The predicted octanol–water partition coefficient (Wildman–Crippen LogP) is -0.579. The molecule has 0 spiro atoms. The number of rotatable bonds is 5. The molecule has 12 heteroatoms. The quantitative estimate of drug-likeness (QED) is 0.419. The standard InChI is InChI=1S/C8H13BrN6O4S/c1-2-20(17,18)14-5-3-13(4-6-14)15-7(9)8(10-11-16)19-12-15/h2-6H2,1H3/p+1. The van der Waals surface area contributed by atoms with Crippen LogP contribution in [0.1, 0.15) is 6.92 Å². The molecule has 1 aliphatic heterocycles. The number of hydrogen-bond donors (Lipinski definition) is 1. The van der Waals surface area contributed by atoms with Crippen molar-refractivity contribution in [3.05, 3.63) is 9.51 Å². The van der Waals surface area contributed by atoms with Gasteiger partial charge in [-0.1, -0.05) is 0 Å². The van der Waals surface area contributed by atoms with Crippen molar-refractivity contribution in [1.29, 1.82) is 0 Å². The van der Waals surface area contributed by atoms with Gasteiger partial charge in [0.1, 0.15) is 0 Å². The highest BCUT2D eigenvalue weighted by molar-refractivity contribution is 9.10. The number of nitrogens with zero attached hydrogens (tertiary/aromatic N) is 5. The molecule has 1 saturated heterocycles. The Balaban J connectivity index is 2.06. The first-order chi connectivity index (χ1) is 9.49. The molecule has 1 aliphatic rings. The van der Waals surface area contributed by atoms with E-state index < -0.39 is 10.0 Å². The van der Waals surface area contributed by atoms with Crippen LogP contribution in [-0.2, 0) is 10.0 Å². The third kappa shape index (κ3) is 2.91. The lowest BCUT2D eigenvalue weighted by Crippen LogP contribution is -2.66. The third-order valence-corrected chi connectivity index (χ3v) is 5.52. The van der Waals surface area contributed by atoms with Crippen LogP contribution >= 0.6 is 15.9 Å². The van der Waals surface area contributed by atoms with Crippen molar-refractivity contribution < 1.29 is 17.7 Å². The number of halogens is 1. The lowest BCUT2D eigenvalue weighted by atomic mass is 10.4. The molecule has 112 valence electrons. The fraction of sp³-hybridized carbons (Fsp3) is 0.750. The van der Waals surface area contributed by atoms with E-state index in [9.17, 15) is 13.3 Å². The van der Waals surface area contributed by atoms with Gasteiger partial charge in [0.2, 0.25) is 15.3 Å². The van der Waals surface area contributed by atoms with Crippen LogP contribution in [0.5, 0.6) is 0 Å². The van der Waals surface area contributed by atoms with Crippen molar-refractivity contribution in [3.63, 3.8) is 0 Å². The molecule has 0 amide bonds. The summed E-state index contributed by atoms with van der Waals surface area (Å²) in [5.41, 5.74) is 2.12. The molecule has 2 rings (SSSR count). The van der Waals surface area contributed by atoms with Gasteiger partial charge in [0.15, 0.2) is 0 Å². The van der Waals surface area contributed by atoms with Crippen LogP contribution in [0.15, 0.2) is 14.4 Å². The summed E-state index contributed by atoms with van der Waals surface area (Å²) in [4.78, 5) is 11.6. The van der Waals surface area contributed by atoms with E-state index in [1.165, 1.54) is 9.10 Å². The number of aromatic nitrogens is 2. The van der Waals surface area contributed by atoms with Crippen LogP contribution in [0.4, 0.5) is 5.88 Å². The van der Waals surface area contributed by atoms with Gasteiger partial charge in [-0.2, -0.15) is 4.31 Å². The molecule has 1 N–H and O–H groups in total. The molecule has 0 atom stereocenters. The van der Waals surface area contributed by atoms with Crippen LogP contribution < -0.4 is 15.2 Å². The zero-order valence-corrected chi connectivity index (χ0v) is 13.1. The molecule has 1 aromatic rings. The van der Waals surface area contributed by atoms with E-state index in [0.717, 1.165) is 0 Å². The molecule has 0 aliphatic carbocycles. The Morgan fingerprint density at radius 3 is 2.65 bits per heavy atom. The normalized spacial score (nSPS) is 17.2. The van der Waals surface area contributed by atoms with Gasteiger partial charge in [0.05, 0.1) is 28.9 Å². The SMILES string of the molecule is CCS(=O)(=O)N1CCN([n+]2noc(NN=O)c2Br)CC1. The molecule has 0 bridgehead atoms. The Kier molecular flexibility index (Phi) is 4.55. The summed E-state index contributed by atoms with van der Waals surface area (Å²) >= 11 is 3.23. The maximum Gasteiger partial charge on any atom is 0.374 e. The van der Waals surface area contributed by atoms with Crippen LogP contribution in [0, 0.1) is 4.91 Å². The zero-order chi connectivity index (χ0) is 14.8. The Hall–Kier alpha value is -1.27. The summed E-state index contributed by atoms with van der Waals surface area (Å²) in [6, 6.07) is 0. The highest BCUT2D eigenvalue weighted by Gasteiger charge is 2.34. The number of hydrogen-bond acceptors (Lipinski definition) is 7. The number of nitroso groups, excluding NO2 is 1. The van der Waals surface area contributed by atoms with Gasteiger partial charge in [-0.15, -0.1) is 9.92 Å². The summed E-state index contributed by atoms with van der Waals surface area (Å²) in [7, 11) is -3.17. The number of sulfonamides is 1. The van der Waals surface area contributed by atoms with E-state index in [0.29, 0.717) is 30.8 Å². The summed E-state index contributed by atoms with van der Waals surface area (Å²) in [6.45, 7) is 3.29. The van der Waals surface area contributed by atoms with Crippen molar-refractivity contribution in [2.24, 2.45) is 5.29 Å². The van der Waals surface area contributed by atoms with Crippen LogP contribution in [0.25, 0.3) is 0 Å². The minimum atomic E-state index is -3.17. The number of nitrogens with one attached hydrogen (secondary N) is 1. The fourth-order valence-electron chi connectivity index (χ4n) is 1.86. The Bertz CT molecular complexity index is 582. The molecule has 0 unspecified atom stereocenters. The van der Waals surface area contributed by atoms with E-state index in [4.69, 9.17) is 4.52 Å². The maximum absolute atomic E-state index is 11.8. The van der Waals surface area contributed by atoms with Crippen molar-refractivity contribution in [2.45, 2.75) is 6.92 Å². The third-order valence-electron chi connectivity index (χ3n) is 2.96. The van der Waals surface area contributed by atoms with E-state index in [-0.39, 0.29) is 11.6 Å². The molecule has 10 nitrogen and oxygen atoms in total. The van der Waals surface area contributed by atoms with Crippen LogP contribution in [-0.4, -0.2) is 49.9 Å². The Labute approximate surface area is 123 Å². The molecule has 2 heterocycles. The lowest BCUT2D eigenvalue weighted by Gasteiger charge is -2.28. The number of piperazine rings is 1. The van der Waals surface area contributed by atoms with Crippen LogP contribution in [0.3, 0.4) is 0 Å². The Morgan fingerprint density at radius 2 is 2.10 bits per heavy atom. The molecular formula is C8H14BrN6O4S+. The highest BCUT2D eigenvalue weighted by Crippen LogP contribution is 2.17. The molecule has 1 fully saturated rings. The van der Waals surface area contributed by atoms with E-state index in [1.807, 2.05) is 0 Å². The lowest BCUT2D eigenvalue weighted by molar-refractivity contribution is -0.768. The molecular weight excluding hydrogens is 356 g/mol. The minimum absolute atomic E-state index is 0.0867. The largest absolute Gasteiger partial charge is 0.374 e. The van der Waals surface area contributed by atoms with Gasteiger partial charge in [0, 0.05) is 29.0 Å². The first-order valence-electron chi connectivity index (χ1n) is 5.88. The summed E-state index contributed by atoms with van der Waals surface area (Å²) in [5.74, 6) is 0.177. The molecule has 0 saturated carbocycles. The van der Waals surface area contributed by atoms with Gasteiger partial charge < -0.3 is 0 Å².